The molecule has 0 saturated heterocycles. The fraction of sp³-hybridized carbons (Fsp3) is 0.900. The van der Waals surface area contributed by atoms with Crippen LogP contribution in [-0.4, -0.2) is 66.1 Å². The number of unbranched alkanes of at least 4 members (excludes halogenated alkanes) is 10. The summed E-state index contributed by atoms with van der Waals surface area (Å²) in [6, 6.07) is 0. The molecule has 8 nitrogen and oxygen atoms in total. The summed E-state index contributed by atoms with van der Waals surface area (Å²) in [5.74, 6) is -3.76. The van der Waals surface area contributed by atoms with E-state index in [-0.39, 0.29) is 21.1 Å². The Kier molecular flexibility index (Phi) is 31.6. The number of hydrogen-bond donors (Lipinski definition) is 4. The Morgan fingerprint density at radius 3 is 1.10 bits per heavy atom. The smallest absolute Gasteiger partial charge is 0.193 e. The summed E-state index contributed by atoms with van der Waals surface area (Å²) in [7, 11) is 0. The zero-order chi connectivity index (χ0) is 22.9. The van der Waals surface area contributed by atoms with Gasteiger partial charge in [-0.15, -0.1) is 0 Å². The second kappa shape index (κ2) is 27.6. The van der Waals surface area contributed by atoms with Crippen LogP contribution in [0.1, 0.15) is 90.9 Å². The van der Waals surface area contributed by atoms with E-state index in [1.165, 1.54) is 64.2 Å². The third-order valence-corrected chi connectivity index (χ3v) is 7.87. The average Bonchev–Trinajstić information content (AvgIpc) is 2.66. The molecular formula is C20H40O8Sn. The van der Waals surface area contributed by atoms with Crippen molar-refractivity contribution in [3.05, 3.63) is 0 Å². The number of aliphatic hydroxyl groups excluding tert-OH is 2. The number of aliphatic carboxylic acids is 2. The number of carbonyl (C=O) groups excluding carboxylic acids is 2. The van der Waals surface area contributed by atoms with Crippen LogP contribution in [0.5, 0.6) is 0 Å². The van der Waals surface area contributed by atoms with Gasteiger partial charge in [0.15, 0.2) is 12.6 Å². The summed E-state index contributed by atoms with van der Waals surface area (Å²) < 4.78 is 3.31. The van der Waals surface area contributed by atoms with E-state index < -0.39 is 24.5 Å². The summed E-state index contributed by atoms with van der Waals surface area (Å²) in [5.41, 5.74) is 0. The Morgan fingerprint density at radius 2 is 0.862 bits per heavy atom. The van der Waals surface area contributed by atoms with Gasteiger partial charge in [0.25, 0.3) is 0 Å². The van der Waals surface area contributed by atoms with Crippen LogP contribution in [0.2, 0.25) is 8.87 Å². The second-order valence-corrected chi connectivity index (χ2v) is 11.0. The molecule has 0 unspecified atom stereocenters. The molecule has 9 heteroatoms. The van der Waals surface area contributed by atoms with E-state index >= 15 is 0 Å². The van der Waals surface area contributed by atoms with Gasteiger partial charge in [-0.05, 0) is 0 Å². The van der Waals surface area contributed by atoms with Crippen molar-refractivity contribution in [2.24, 2.45) is 0 Å². The number of carboxylic acid groups (broad SMARTS) is 2. The van der Waals surface area contributed by atoms with E-state index in [2.05, 4.69) is 13.8 Å². The predicted molar refractivity (Wildman–Crippen MR) is 109 cm³/mol. The fourth-order valence-electron chi connectivity index (χ4n) is 2.19. The molecule has 0 amide bonds. The first-order valence-electron chi connectivity index (χ1n) is 10.5. The molecule has 0 saturated carbocycles. The van der Waals surface area contributed by atoms with E-state index in [9.17, 15) is 0 Å². The van der Waals surface area contributed by atoms with E-state index in [0.717, 1.165) is 0 Å². The van der Waals surface area contributed by atoms with Crippen LogP contribution in [0.4, 0.5) is 0 Å². The summed E-state index contributed by atoms with van der Waals surface area (Å²) in [5, 5.41) is 48.3. The molecule has 0 aromatic rings. The average molecular weight is 527 g/mol. The first-order valence-corrected chi connectivity index (χ1v) is 14.6. The van der Waals surface area contributed by atoms with Crippen molar-refractivity contribution < 1.29 is 40.2 Å². The number of hydrogen-bond acceptors (Lipinski definition) is 8. The maximum atomic E-state index is 9.09. The SMILES string of the molecule is CCCCCCC[CH2][Sn+2][CH2]CCCCCCC.O=C([O-])C(O)O.O=C([O-])C(O)O. The van der Waals surface area contributed by atoms with Crippen LogP contribution in [0.3, 0.4) is 0 Å². The molecule has 0 fully saturated rings. The van der Waals surface area contributed by atoms with Gasteiger partial charge in [-0.2, -0.15) is 0 Å². The molecule has 172 valence electrons. The molecule has 0 rings (SSSR count). The van der Waals surface area contributed by atoms with Gasteiger partial charge in [0.05, 0.1) is 11.9 Å². The van der Waals surface area contributed by atoms with Gasteiger partial charge in [-0.1, -0.05) is 0 Å². The number of rotatable bonds is 16. The monoisotopic (exact) mass is 528 g/mol. The van der Waals surface area contributed by atoms with Crippen molar-refractivity contribution in [2.45, 2.75) is 112 Å². The molecule has 0 atom stereocenters. The molecule has 0 aromatic carbocycles. The molecule has 0 aromatic heterocycles. The molecule has 0 spiro atoms. The first kappa shape index (κ1) is 33.2. The number of carboxylic acids is 2. The Labute approximate surface area is 185 Å². The van der Waals surface area contributed by atoms with Crippen molar-refractivity contribution in [1.82, 2.24) is 0 Å². The molecule has 4 N–H and O–H groups in total. The quantitative estimate of drug-likeness (QED) is 0.127. The van der Waals surface area contributed by atoms with Crippen LogP contribution in [0.15, 0.2) is 0 Å². The Bertz CT molecular complexity index is 319. The van der Waals surface area contributed by atoms with Gasteiger partial charge in [-0.25, -0.2) is 0 Å². The molecule has 29 heavy (non-hydrogen) atoms. The topological polar surface area (TPSA) is 161 Å². The summed E-state index contributed by atoms with van der Waals surface area (Å²) in [4.78, 5) is 18.2. The van der Waals surface area contributed by atoms with Gasteiger partial charge >= 0.3 is 121 Å². The molecule has 0 aliphatic heterocycles. The van der Waals surface area contributed by atoms with E-state index in [4.69, 9.17) is 40.2 Å². The normalized spacial score (nSPS) is 9.93. The fourth-order valence-corrected chi connectivity index (χ4v) is 5.75. The predicted octanol–water partition coefficient (Wildman–Crippen LogP) is 0.342. The first-order chi connectivity index (χ1) is 13.7. The zero-order valence-corrected chi connectivity index (χ0v) is 20.8. The third-order valence-electron chi connectivity index (χ3n) is 3.84. The summed E-state index contributed by atoms with van der Waals surface area (Å²) in [6.07, 6.45) is 13.1. The Balaban J connectivity index is -0.000000460. The molecule has 0 radical (unpaired) electrons. The molecule has 0 aliphatic carbocycles. The Hall–Kier alpha value is -0.421. The van der Waals surface area contributed by atoms with Crippen LogP contribution in [0, 0.1) is 0 Å². The Morgan fingerprint density at radius 1 is 0.621 bits per heavy atom. The number of aliphatic hydroxyl groups is 4. The third kappa shape index (κ3) is 38.8. The zero-order valence-electron chi connectivity index (χ0n) is 18.0. The molecule has 0 heterocycles. The van der Waals surface area contributed by atoms with E-state index in [1.54, 1.807) is 21.7 Å². The minimum absolute atomic E-state index is 0.0736. The summed E-state index contributed by atoms with van der Waals surface area (Å²) in [6.45, 7) is 4.60. The van der Waals surface area contributed by atoms with Crippen molar-refractivity contribution >= 4 is 33.1 Å². The molecule has 0 aliphatic rings. The van der Waals surface area contributed by atoms with Crippen LogP contribution in [0.25, 0.3) is 0 Å². The minimum atomic E-state index is -2.34. The largest absolute Gasteiger partial charge is 0.545 e. The van der Waals surface area contributed by atoms with Gasteiger partial charge in [-0.3, -0.25) is 0 Å². The van der Waals surface area contributed by atoms with Crippen molar-refractivity contribution in [3.8, 4) is 0 Å². The maximum Gasteiger partial charge on any atom is 0.193 e. The number of carbonyl (C=O) groups is 2. The van der Waals surface area contributed by atoms with Crippen molar-refractivity contribution in [3.63, 3.8) is 0 Å². The van der Waals surface area contributed by atoms with Crippen molar-refractivity contribution in [2.75, 3.05) is 0 Å². The van der Waals surface area contributed by atoms with Crippen molar-refractivity contribution in [1.29, 1.82) is 0 Å². The standard InChI is InChI=1S/2C8H17.2C2H4O4.Sn/c2*1-3-5-7-8-6-4-2;2*3-1(4)2(5)6;/h2*1,3-8H2,2H3;2*1,3-4H,(H,5,6);/q;;;;+2/p-2. The van der Waals surface area contributed by atoms with E-state index in [1.807, 2.05) is 0 Å². The molecule has 0 bridgehead atoms. The van der Waals surface area contributed by atoms with Crippen LogP contribution in [-0.2, 0) is 9.59 Å². The van der Waals surface area contributed by atoms with Gasteiger partial charge in [0.2, 0.25) is 0 Å². The maximum absolute atomic E-state index is 9.09. The molecular weight excluding hydrogens is 487 g/mol. The summed E-state index contributed by atoms with van der Waals surface area (Å²) >= 11 is 0.0736. The van der Waals surface area contributed by atoms with E-state index in [0.29, 0.717) is 0 Å². The van der Waals surface area contributed by atoms with Crippen LogP contribution >= 0.6 is 0 Å². The van der Waals surface area contributed by atoms with Gasteiger partial charge in [0, 0.05) is 0 Å². The van der Waals surface area contributed by atoms with Gasteiger partial charge < -0.3 is 40.2 Å². The second-order valence-electron chi connectivity index (χ2n) is 6.67. The van der Waals surface area contributed by atoms with Crippen LogP contribution < -0.4 is 10.2 Å². The van der Waals surface area contributed by atoms with Gasteiger partial charge in [0.1, 0.15) is 0 Å². The minimum Gasteiger partial charge on any atom is -0.545 e.